The van der Waals surface area contributed by atoms with E-state index in [2.05, 4.69) is 31.3 Å². The van der Waals surface area contributed by atoms with Crippen LogP contribution in [-0.2, 0) is 9.53 Å². The lowest BCUT2D eigenvalue weighted by atomic mass is 9.79. The van der Waals surface area contributed by atoms with Crippen molar-refractivity contribution in [1.82, 2.24) is 0 Å². The first-order valence-corrected chi connectivity index (χ1v) is 10.2. The number of rotatable bonds is 8. The highest BCUT2D eigenvalue weighted by Gasteiger charge is 2.26. The molecule has 0 bridgehead atoms. The molecule has 1 saturated carbocycles. The van der Waals surface area contributed by atoms with E-state index >= 15 is 0 Å². The van der Waals surface area contributed by atoms with Crippen molar-refractivity contribution < 1.29 is 9.53 Å². The van der Waals surface area contributed by atoms with E-state index in [1.807, 2.05) is 19.9 Å². The van der Waals surface area contributed by atoms with Crippen molar-refractivity contribution in [2.24, 2.45) is 11.8 Å². The van der Waals surface area contributed by atoms with E-state index in [-0.39, 0.29) is 11.9 Å². The summed E-state index contributed by atoms with van der Waals surface area (Å²) in [5, 5.41) is 3.73. The van der Waals surface area contributed by atoms with Crippen molar-refractivity contribution in [3.63, 3.8) is 0 Å². The summed E-state index contributed by atoms with van der Waals surface area (Å²) in [6.45, 7) is 8.88. The van der Waals surface area contributed by atoms with Gasteiger partial charge in [0, 0.05) is 6.04 Å². The summed E-state index contributed by atoms with van der Waals surface area (Å²) in [5.74, 6) is 1.24. The van der Waals surface area contributed by atoms with E-state index < -0.39 is 0 Å². The zero-order valence-electron chi connectivity index (χ0n) is 16.9. The van der Waals surface area contributed by atoms with Gasteiger partial charge in [0.25, 0.3) is 0 Å². The van der Waals surface area contributed by atoms with Gasteiger partial charge >= 0.3 is 5.97 Å². The van der Waals surface area contributed by atoms with Gasteiger partial charge in [-0.1, -0.05) is 46.1 Å². The Hall–Kier alpha value is -1.71. The molecule has 0 aromatic heterocycles. The number of anilines is 2. The van der Waals surface area contributed by atoms with Gasteiger partial charge in [-0.3, -0.25) is 4.79 Å². The number of hydrogen-bond acceptors (Lipinski definition) is 4. The van der Waals surface area contributed by atoms with Gasteiger partial charge < -0.3 is 15.8 Å². The predicted molar refractivity (Wildman–Crippen MR) is 109 cm³/mol. The fourth-order valence-electron chi connectivity index (χ4n) is 4.11. The summed E-state index contributed by atoms with van der Waals surface area (Å²) in [4.78, 5) is 11.7. The molecule has 2 atom stereocenters. The third kappa shape index (κ3) is 5.65. The molecule has 1 aliphatic carbocycles. The lowest BCUT2D eigenvalue weighted by molar-refractivity contribution is -0.143. The minimum absolute atomic E-state index is 0.102. The van der Waals surface area contributed by atoms with Crippen LogP contribution in [0.1, 0.15) is 77.7 Å². The molecule has 0 aliphatic heterocycles. The molecule has 4 nitrogen and oxygen atoms in total. The monoisotopic (exact) mass is 360 g/mol. The van der Waals surface area contributed by atoms with E-state index in [1.54, 1.807) is 0 Å². The average molecular weight is 361 g/mol. The third-order valence-electron chi connectivity index (χ3n) is 5.62. The Labute approximate surface area is 158 Å². The number of esters is 1. The molecule has 4 heteroatoms. The minimum atomic E-state index is -0.155. The van der Waals surface area contributed by atoms with E-state index in [4.69, 9.17) is 10.5 Å². The van der Waals surface area contributed by atoms with Crippen LogP contribution in [0, 0.1) is 11.8 Å². The molecular weight excluding hydrogens is 324 g/mol. The maximum atomic E-state index is 11.7. The molecule has 1 fully saturated rings. The van der Waals surface area contributed by atoms with Crippen LogP contribution in [0.4, 0.5) is 11.4 Å². The number of nitrogens with two attached hydrogens (primary N) is 1. The lowest BCUT2D eigenvalue weighted by Crippen LogP contribution is -2.35. The van der Waals surface area contributed by atoms with Crippen molar-refractivity contribution >= 4 is 17.3 Å². The van der Waals surface area contributed by atoms with Crippen LogP contribution >= 0.6 is 0 Å². The van der Waals surface area contributed by atoms with E-state index in [0.29, 0.717) is 25.0 Å². The fraction of sp³-hybridized carbons (Fsp3) is 0.682. The summed E-state index contributed by atoms with van der Waals surface area (Å²) in [6, 6.07) is 6.62. The Bertz CT molecular complexity index is 580. The van der Waals surface area contributed by atoms with Crippen LogP contribution < -0.4 is 11.1 Å². The van der Waals surface area contributed by atoms with Gasteiger partial charge in [0.05, 0.1) is 24.4 Å². The first kappa shape index (κ1) is 20.6. The predicted octanol–water partition coefficient (Wildman–Crippen LogP) is 5.34. The Balaban J connectivity index is 2.06. The van der Waals surface area contributed by atoms with Gasteiger partial charge in [-0.25, -0.2) is 0 Å². The van der Waals surface area contributed by atoms with Gasteiger partial charge in [-0.2, -0.15) is 0 Å². The van der Waals surface area contributed by atoms with Crippen LogP contribution in [0.15, 0.2) is 18.2 Å². The molecule has 2 rings (SSSR count). The summed E-state index contributed by atoms with van der Waals surface area (Å²) >= 11 is 0. The van der Waals surface area contributed by atoms with Crippen molar-refractivity contribution in [2.75, 3.05) is 17.7 Å². The van der Waals surface area contributed by atoms with Crippen LogP contribution in [0.25, 0.3) is 0 Å². The van der Waals surface area contributed by atoms with Crippen molar-refractivity contribution in [2.45, 2.75) is 78.2 Å². The SMILES string of the molecule is CCOC(=O)C[C@@H](C)c1ccc(N[C@H](C(C)C)C2CCCCC2)c(N)c1. The number of ether oxygens (including phenoxy) is 1. The van der Waals surface area contributed by atoms with Crippen LogP contribution in [-0.4, -0.2) is 18.6 Å². The van der Waals surface area contributed by atoms with Crippen molar-refractivity contribution in [1.29, 1.82) is 0 Å². The van der Waals surface area contributed by atoms with Crippen molar-refractivity contribution in [3.05, 3.63) is 23.8 Å². The van der Waals surface area contributed by atoms with Gasteiger partial charge in [0.1, 0.15) is 0 Å². The number of benzene rings is 1. The number of nitrogen functional groups attached to an aromatic ring is 1. The lowest BCUT2D eigenvalue weighted by Gasteiger charge is -2.34. The van der Waals surface area contributed by atoms with Gasteiger partial charge in [-0.05, 0) is 55.2 Å². The number of carbonyl (C=O) groups excluding carboxylic acids is 1. The standard InChI is InChI=1S/C22H36N2O2/c1-5-26-21(25)13-16(4)18-11-12-20(19(23)14-18)24-22(15(2)3)17-9-7-6-8-10-17/h11-12,14-17,22,24H,5-10,13,23H2,1-4H3/t16-,22-/m1/s1. The molecule has 0 amide bonds. The molecule has 1 aromatic rings. The van der Waals surface area contributed by atoms with Crippen molar-refractivity contribution in [3.8, 4) is 0 Å². The average Bonchev–Trinajstić information content (AvgIpc) is 2.61. The molecule has 0 unspecified atom stereocenters. The van der Waals surface area contributed by atoms with Crippen LogP contribution in [0.5, 0.6) is 0 Å². The first-order valence-electron chi connectivity index (χ1n) is 10.2. The van der Waals surface area contributed by atoms with E-state index in [9.17, 15) is 4.79 Å². The highest BCUT2D eigenvalue weighted by atomic mass is 16.5. The molecule has 26 heavy (non-hydrogen) atoms. The zero-order valence-corrected chi connectivity index (χ0v) is 16.9. The molecule has 0 heterocycles. The second-order valence-corrected chi connectivity index (χ2v) is 8.07. The van der Waals surface area contributed by atoms with E-state index in [1.165, 1.54) is 32.1 Å². The maximum Gasteiger partial charge on any atom is 0.306 e. The topological polar surface area (TPSA) is 64.3 Å². The summed E-state index contributed by atoms with van der Waals surface area (Å²) in [5.41, 5.74) is 9.21. The minimum Gasteiger partial charge on any atom is -0.466 e. The van der Waals surface area contributed by atoms with Crippen LogP contribution in [0.3, 0.4) is 0 Å². The number of carbonyl (C=O) groups is 1. The second kappa shape index (κ2) is 9.84. The summed E-state index contributed by atoms with van der Waals surface area (Å²) in [7, 11) is 0. The van der Waals surface area contributed by atoms with Gasteiger partial charge in [-0.15, -0.1) is 0 Å². The number of hydrogen-bond donors (Lipinski definition) is 2. The molecule has 0 saturated heterocycles. The third-order valence-corrected chi connectivity index (χ3v) is 5.62. The van der Waals surface area contributed by atoms with Gasteiger partial charge in [0.15, 0.2) is 0 Å². The smallest absolute Gasteiger partial charge is 0.306 e. The maximum absolute atomic E-state index is 11.7. The first-order chi connectivity index (χ1) is 12.4. The summed E-state index contributed by atoms with van der Waals surface area (Å²) < 4.78 is 5.05. The normalized spacial score (nSPS) is 17.7. The molecular formula is C22H36N2O2. The molecule has 3 N–H and O–H groups in total. The molecule has 0 radical (unpaired) electrons. The summed E-state index contributed by atoms with van der Waals surface area (Å²) in [6.07, 6.45) is 7.06. The molecule has 1 aromatic carbocycles. The Morgan fingerprint density at radius 2 is 1.92 bits per heavy atom. The Morgan fingerprint density at radius 3 is 2.50 bits per heavy atom. The Morgan fingerprint density at radius 1 is 1.23 bits per heavy atom. The molecule has 0 spiro atoms. The van der Waals surface area contributed by atoms with Crippen LogP contribution in [0.2, 0.25) is 0 Å². The van der Waals surface area contributed by atoms with Gasteiger partial charge in [0.2, 0.25) is 0 Å². The highest BCUT2D eigenvalue weighted by Crippen LogP contribution is 2.33. The van der Waals surface area contributed by atoms with E-state index in [0.717, 1.165) is 22.9 Å². The zero-order chi connectivity index (χ0) is 19.1. The molecule has 146 valence electrons. The molecule has 1 aliphatic rings. The second-order valence-electron chi connectivity index (χ2n) is 8.07. The quantitative estimate of drug-likeness (QED) is 0.485. The highest BCUT2D eigenvalue weighted by molar-refractivity contribution is 5.71. The largest absolute Gasteiger partial charge is 0.466 e. The number of nitrogens with one attached hydrogen (secondary N) is 1. The fourth-order valence-corrected chi connectivity index (χ4v) is 4.11. The Kier molecular flexibility index (Phi) is 7.80.